The Kier molecular flexibility index (Phi) is 7.71. The number of methoxy groups -OCH3 is 1. The molecule has 1 aliphatic carbocycles. The fourth-order valence-electron chi connectivity index (χ4n) is 7.12. The molecule has 5 heterocycles. The zero-order valence-electron chi connectivity index (χ0n) is 27.1. The summed E-state index contributed by atoms with van der Waals surface area (Å²) in [7, 11) is 1.40. The number of esters is 1. The van der Waals surface area contributed by atoms with E-state index in [0.29, 0.717) is 29.0 Å². The van der Waals surface area contributed by atoms with Crippen LogP contribution in [0.4, 0.5) is 0 Å². The average molecular weight is 605 g/mol. The van der Waals surface area contributed by atoms with E-state index in [0.717, 1.165) is 68.5 Å². The highest BCUT2D eigenvalue weighted by Gasteiger charge is 2.43. The van der Waals surface area contributed by atoms with Crippen LogP contribution < -0.4 is 5.32 Å². The Morgan fingerprint density at radius 3 is 2.51 bits per heavy atom. The number of hydrogen-bond donors (Lipinski definition) is 2. The molecule has 1 saturated heterocycles. The molecule has 8 nitrogen and oxygen atoms in total. The lowest BCUT2D eigenvalue weighted by Crippen LogP contribution is -2.15. The Balaban J connectivity index is 1.63. The van der Waals surface area contributed by atoms with Gasteiger partial charge in [0.05, 0.1) is 41.3 Å². The van der Waals surface area contributed by atoms with Crippen molar-refractivity contribution in [1.29, 1.82) is 0 Å². The SMILES string of the molecule is C=CC(C)/C(O)=C1/C2=NC(=C1C)C=C1NC(=C3CC(=O)C4=C(C)C(=CC5=NC(=C2)C(C)=C5CC)N=C34)[C@@H](CCC(=O)OC)[C@@H]1C. The van der Waals surface area contributed by atoms with E-state index in [2.05, 4.69) is 32.7 Å². The summed E-state index contributed by atoms with van der Waals surface area (Å²) in [5.41, 5.74) is 12.4. The van der Waals surface area contributed by atoms with Crippen molar-refractivity contribution in [3.8, 4) is 0 Å². The molecule has 8 bridgehead atoms. The van der Waals surface area contributed by atoms with E-state index in [4.69, 9.17) is 19.7 Å². The summed E-state index contributed by atoms with van der Waals surface area (Å²) in [4.78, 5) is 40.9. The van der Waals surface area contributed by atoms with E-state index >= 15 is 0 Å². The highest BCUT2D eigenvalue weighted by molar-refractivity contribution is 6.38. The van der Waals surface area contributed by atoms with Gasteiger partial charge in [0, 0.05) is 58.7 Å². The molecule has 1 saturated carbocycles. The van der Waals surface area contributed by atoms with E-state index in [1.165, 1.54) is 7.11 Å². The summed E-state index contributed by atoms with van der Waals surface area (Å²) in [5, 5.41) is 15.1. The zero-order chi connectivity index (χ0) is 32.3. The highest BCUT2D eigenvalue weighted by Crippen LogP contribution is 2.45. The van der Waals surface area contributed by atoms with Crippen LogP contribution in [0, 0.1) is 17.8 Å². The van der Waals surface area contributed by atoms with E-state index in [-0.39, 0.29) is 48.1 Å². The molecule has 3 atom stereocenters. The lowest BCUT2D eigenvalue weighted by molar-refractivity contribution is -0.140. The van der Waals surface area contributed by atoms with Crippen LogP contribution in [0.3, 0.4) is 0 Å². The number of rotatable bonds is 6. The number of nitrogens with zero attached hydrogens (tertiary/aromatic N) is 3. The van der Waals surface area contributed by atoms with Crippen molar-refractivity contribution in [2.24, 2.45) is 32.7 Å². The normalized spacial score (nSPS) is 25.6. The second-order valence-electron chi connectivity index (χ2n) is 12.5. The molecular weight excluding hydrogens is 564 g/mol. The van der Waals surface area contributed by atoms with Gasteiger partial charge >= 0.3 is 5.97 Å². The molecule has 45 heavy (non-hydrogen) atoms. The molecular formula is C37H40N4O4. The predicted octanol–water partition coefficient (Wildman–Crippen LogP) is 7.00. The smallest absolute Gasteiger partial charge is 0.305 e. The summed E-state index contributed by atoms with van der Waals surface area (Å²) in [6, 6.07) is 0. The first kappa shape index (κ1) is 30.4. The molecule has 0 aromatic rings. The quantitative estimate of drug-likeness (QED) is 0.193. The van der Waals surface area contributed by atoms with Crippen LogP contribution in [-0.2, 0) is 14.3 Å². The minimum atomic E-state index is -0.270. The molecule has 0 spiro atoms. The molecule has 232 valence electrons. The van der Waals surface area contributed by atoms with E-state index in [1.807, 2.05) is 39.0 Å². The number of allylic oxidation sites excluding steroid dienone is 13. The van der Waals surface area contributed by atoms with Gasteiger partial charge in [-0.3, -0.25) is 9.59 Å². The van der Waals surface area contributed by atoms with Crippen molar-refractivity contribution in [1.82, 2.24) is 5.32 Å². The Labute approximate surface area is 264 Å². The fraction of sp³-hybridized carbons (Fsp3) is 0.378. The van der Waals surface area contributed by atoms with Crippen molar-refractivity contribution < 1.29 is 19.4 Å². The molecule has 8 heteroatoms. The fourth-order valence-corrected chi connectivity index (χ4v) is 7.12. The number of aliphatic hydroxyl groups is 1. The Morgan fingerprint density at radius 1 is 1.11 bits per heavy atom. The van der Waals surface area contributed by atoms with Gasteiger partial charge in [-0.2, -0.15) is 0 Å². The van der Waals surface area contributed by atoms with Gasteiger partial charge in [0.1, 0.15) is 5.76 Å². The third-order valence-electron chi connectivity index (χ3n) is 9.96. The predicted molar refractivity (Wildman–Crippen MR) is 178 cm³/mol. The number of hydrogen-bond acceptors (Lipinski definition) is 8. The van der Waals surface area contributed by atoms with Crippen LogP contribution in [0.15, 0.2) is 119 Å². The van der Waals surface area contributed by atoms with Crippen molar-refractivity contribution in [2.75, 3.05) is 7.11 Å². The number of ketones is 1. The Bertz CT molecular complexity index is 1830. The average Bonchev–Trinajstić information content (AvgIpc) is 3.77. The summed E-state index contributed by atoms with van der Waals surface area (Å²) in [5.74, 6) is -0.330. The van der Waals surface area contributed by atoms with Gasteiger partial charge < -0.3 is 15.2 Å². The molecule has 5 aliphatic heterocycles. The maximum absolute atomic E-state index is 13.5. The second kappa shape index (κ2) is 11.4. The summed E-state index contributed by atoms with van der Waals surface area (Å²) in [6.45, 7) is 16.0. The number of carbonyl (C=O) groups is 2. The zero-order valence-corrected chi connectivity index (χ0v) is 27.1. The Morgan fingerprint density at radius 2 is 1.82 bits per heavy atom. The molecule has 6 aliphatic rings. The van der Waals surface area contributed by atoms with Gasteiger partial charge in [0.25, 0.3) is 0 Å². The first-order valence-electron chi connectivity index (χ1n) is 15.7. The van der Waals surface area contributed by atoms with Crippen molar-refractivity contribution in [3.05, 3.63) is 104 Å². The van der Waals surface area contributed by atoms with E-state index in [9.17, 15) is 14.7 Å². The second-order valence-corrected chi connectivity index (χ2v) is 12.5. The van der Waals surface area contributed by atoms with Crippen molar-refractivity contribution in [2.45, 2.75) is 67.2 Å². The van der Waals surface area contributed by atoms with Crippen LogP contribution >= 0.6 is 0 Å². The lowest BCUT2D eigenvalue weighted by atomic mass is 9.86. The molecule has 2 N–H and O–H groups in total. The minimum absolute atomic E-state index is 0.000952. The van der Waals surface area contributed by atoms with Crippen LogP contribution in [0.5, 0.6) is 0 Å². The van der Waals surface area contributed by atoms with Gasteiger partial charge in [-0.1, -0.05) is 26.8 Å². The van der Waals surface area contributed by atoms with Crippen LogP contribution in [0.2, 0.25) is 0 Å². The van der Waals surface area contributed by atoms with E-state index in [1.54, 1.807) is 6.08 Å². The first-order chi connectivity index (χ1) is 21.5. The standard InChI is InChI=1S/C37H40N4O4/c1-9-17(3)37(44)33-20(6)27-14-26-19(5)23(11-12-32(43)45-8)35(40-26)24-13-31(42)34-21(7)28(41-36(24)34)15-29-22(10-2)18(4)25(38-29)16-30(33)39-27/h9,14-17,19,23,40,44H,1,10-13H2,2-8H3/b25-16?,26-14?,28-15?,35-24?,37-33-/t17?,19-,23-/m0/s1. The van der Waals surface area contributed by atoms with Gasteiger partial charge in [-0.05, 0) is 74.1 Å². The topological polar surface area (TPSA) is 113 Å². The number of ether oxygens (including phenoxy) is 1. The molecule has 1 unspecified atom stereocenters. The third kappa shape index (κ3) is 4.87. The number of carbonyl (C=O) groups excluding carboxylic acids is 2. The maximum Gasteiger partial charge on any atom is 0.305 e. The summed E-state index contributed by atoms with van der Waals surface area (Å²) < 4.78 is 4.97. The molecule has 2 fully saturated rings. The first-order valence-corrected chi connectivity index (χ1v) is 15.7. The monoisotopic (exact) mass is 604 g/mol. The molecule has 6 rings (SSSR count). The van der Waals surface area contributed by atoms with Crippen LogP contribution in [0.25, 0.3) is 0 Å². The van der Waals surface area contributed by atoms with E-state index < -0.39 is 0 Å². The molecule has 0 radical (unpaired) electrons. The van der Waals surface area contributed by atoms with Crippen LogP contribution in [0.1, 0.15) is 67.2 Å². The van der Waals surface area contributed by atoms with Gasteiger partial charge in [-0.15, -0.1) is 6.58 Å². The molecule has 0 amide bonds. The van der Waals surface area contributed by atoms with Gasteiger partial charge in [0.15, 0.2) is 5.78 Å². The highest BCUT2D eigenvalue weighted by atomic mass is 16.5. The largest absolute Gasteiger partial charge is 0.511 e. The van der Waals surface area contributed by atoms with Crippen molar-refractivity contribution in [3.63, 3.8) is 0 Å². The third-order valence-corrected chi connectivity index (χ3v) is 9.96. The lowest BCUT2D eigenvalue weighted by Gasteiger charge is -2.17. The number of aliphatic imine (C=N–C) groups is 3. The Hall–Kier alpha value is -4.59. The van der Waals surface area contributed by atoms with Gasteiger partial charge in [-0.25, -0.2) is 15.0 Å². The number of Topliss-reactive ketones (excluding diaryl/α,β-unsaturated/α-hetero) is 1. The molecule has 0 aromatic carbocycles. The van der Waals surface area contributed by atoms with Crippen LogP contribution in [-0.4, -0.2) is 41.1 Å². The molecule has 0 aromatic heterocycles. The van der Waals surface area contributed by atoms with Crippen molar-refractivity contribution >= 4 is 28.9 Å². The number of aliphatic hydroxyl groups excluding tert-OH is 1. The number of nitrogens with one attached hydrogen (secondary N) is 1. The number of fused-ring (bicyclic) bond motifs is 5. The summed E-state index contributed by atoms with van der Waals surface area (Å²) in [6.07, 6.45) is 9.55. The maximum atomic E-state index is 13.5. The minimum Gasteiger partial charge on any atom is -0.511 e. The van der Waals surface area contributed by atoms with Gasteiger partial charge in [0.2, 0.25) is 0 Å². The summed E-state index contributed by atoms with van der Waals surface area (Å²) >= 11 is 0.